The van der Waals surface area contributed by atoms with Crippen molar-refractivity contribution in [2.45, 2.75) is 0 Å². The number of ether oxygens (including phenoxy) is 5. The highest BCUT2D eigenvalue weighted by molar-refractivity contribution is 5.97. The largest absolute Gasteiger partial charge is 0.490 e. The van der Waals surface area contributed by atoms with Crippen LogP contribution in [0, 0.1) is 0 Å². The molecule has 0 aliphatic carbocycles. The van der Waals surface area contributed by atoms with Gasteiger partial charge in [0.2, 0.25) is 6.79 Å². The van der Waals surface area contributed by atoms with E-state index in [1.807, 2.05) is 0 Å². The number of carbonyl (C=O) groups excluding carboxylic acids is 3. The van der Waals surface area contributed by atoms with Gasteiger partial charge in [-0.25, -0.2) is 14.4 Å². The quantitative estimate of drug-likeness (QED) is 0.0786. The van der Waals surface area contributed by atoms with E-state index in [0.717, 1.165) is 16.8 Å². The average molecular weight is 525 g/mol. The molecule has 0 N–H and O–H groups in total. The van der Waals surface area contributed by atoms with E-state index in [9.17, 15) is 14.4 Å². The van der Waals surface area contributed by atoms with Gasteiger partial charge in [0.25, 0.3) is 0 Å². The van der Waals surface area contributed by atoms with Gasteiger partial charge in [-0.3, -0.25) is 0 Å². The van der Waals surface area contributed by atoms with Crippen molar-refractivity contribution >= 4 is 28.7 Å². The summed E-state index contributed by atoms with van der Waals surface area (Å²) in [6, 6.07) is 23.1. The van der Waals surface area contributed by atoms with Crippen molar-refractivity contribution in [3.63, 3.8) is 0 Å². The molecular weight excluding hydrogens is 500 g/mol. The molecule has 4 rings (SSSR count). The third kappa shape index (κ3) is 7.33. The Morgan fingerprint density at radius 3 is 1.87 bits per heavy atom. The van der Waals surface area contributed by atoms with E-state index in [0.29, 0.717) is 40.7 Å². The molecule has 0 saturated heterocycles. The molecule has 0 atom stereocenters. The highest BCUT2D eigenvalue weighted by atomic mass is 16.7. The first kappa shape index (κ1) is 26.7. The Hall–Kier alpha value is -5.37. The van der Waals surface area contributed by atoms with Gasteiger partial charge >= 0.3 is 17.9 Å². The molecule has 0 bridgehead atoms. The molecule has 8 heteroatoms. The van der Waals surface area contributed by atoms with Crippen LogP contribution in [0.4, 0.5) is 0 Å². The summed E-state index contributed by atoms with van der Waals surface area (Å²) in [5.74, 6) is 0.115. The number of fused-ring (bicyclic) bond motifs is 1. The first-order valence-corrected chi connectivity index (χ1v) is 11.8. The molecule has 0 aliphatic heterocycles. The van der Waals surface area contributed by atoms with Crippen LogP contribution in [0.5, 0.6) is 23.0 Å². The van der Waals surface area contributed by atoms with Crippen LogP contribution in [0.25, 0.3) is 10.8 Å². The zero-order valence-electron chi connectivity index (χ0n) is 20.8. The zero-order chi connectivity index (χ0) is 27.6. The first-order valence-electron chi connectivity index (χ1n) is 11.8. The van der Waals surface area contributed by atoms with Crippen molar-refractivity contribution in [3.8, 4) is 23.0 Å². The minimum Gasteiger partial charge on any atom is -0.490 e. The molecule has 8 nitrogen and oxygen atoms in total. The fourth-order valence-electron chi connectivity index (χ4n) is 3.41. The SMILES string of the molecule is C=CCOc1ccc(C(=O)Oc2ccc3cc(C(=O)Oc4ccc(OCOC(=O)C=C)cc4)ccc3c2)cc1. The third-order valence-electron chi connectivity index (χ3n) is 5.34. The minimum atomic E-state index is -0.593. The number of hydrogen-bond acceptors (Lipinski definition) is 8. The standard InChI is InChI=1S/C31H24O8/c1-3-17-35-25-10-7-21(8-11-25)30(33)39-28-12-9-22-18-24(6-5-23(22)19-28)31(34)38-27-15-13-26(14-16-27)36-20-37-29(32)4-2/h3-16,18-19H,1-2,17,20H2. The molecule has 4 aromatic carbocycles. The van der Waals surface area contributed by atoms with E-state index in [-0.39, 0.29) is 6.79 Å². The van der Waals surface area contributed by atoms with Crippen LogP contribution in [0.3, 0.4) is 0 Å². The van der Waals surface area contributed by atoms with Crippen LogP contribution in [0.15, 0.2) is 110 Å². The Morgan fingerprint density at radius 2 is 1.15 bits per heavy atom. The fourth-order valence-corrected chi connectivity index (χ4v) is 3.41. The van der Waals surface area contributed by atoms with Crippen molar-refractivity contribution < 1.29 is 38.1 Å². The zero-order valence-corrected chi connectivity index (χ0v) is 20.8. The van der Waals surface area contributed by atoms with Gasteiger partial charge in [-0.05, 0) is 83.6 Å². The third-order valence-corrected chi connectivity index (χ3v) is 5.34. The van der Waals surface area contributed by atoms with Crippen LogP contribution in [-0.2, 0) is 9.53 Å². The summed E-state index contributed by atoms with van der Waals surface area (Å²) in [4.78, 5) is 36.2. The summed E-state index contributed by atoms with van der Waals surface area (Å²) >= 11 is 0. The van der Waals surface area contributed by atoms with Crippen LogP contribution < -0.4 is 18.9 Å². The highest BCUT2D eigenvalue weighted by Gasteiger charge is 2.12. The van der Waals surface area contributed by atoms with Gasteiger partial charge in [0.1, 0.15) is 29.6 Å². The smallest absolute Gasteiger partial charge is 0.343 e. The number of carbonyl (C=O) groups is 3. The van der Waals surface area contributed by atoms with E-state index in [2.05, 4.69) is 13.2 Å². The molecule has 196 valence electrons. The van der Waals surface area contributed by atoms with Crippen molar-refractivity contribution in [1.29, 1.82) is 0 Å². The summed E-state index contributed by atoms with van der Waals surface area (Å²) < 4.78 is 26.4. The average Bonchev–Trinajstić information content (AvgIpc) is 2.96. The van der Waals surface area contributed by atoms with Gasteiger partial charge in [-0.1, -0.05) is 31.4 Å². The molecule has 39 heavy (non-hydrogen) atoms. The second-order valence-electron chi connectivity index (χ2n) is 8.03. The predicted octanol–water partition coefficient (Wildman–Crippen LogP) is 5.91. The number of benzene rings is 4. The normalized spacial score (nSPS) is 10.3. The van der Waals surface area contributed by atoms with Crippen LogP contribution in [0.1, 0.15) is 20.7 Å². The summed E-state index contributed by atoms with van der Waals surface area (Å²) in [6.07, 6.45) is 2.68. The van der Waals surface area contributed by atoms with E-state index in [1.165, 1.54) is 0 Å². The summed E-state index contributed by atoms with van der Waals surface area (Å²) in [5, 5.41) is 1.55. The Balaban J connectivity index is 1.36. The number of hydrogen-bond donors (Lipinski definition) is 0. The van der Waals surface area contributed by atoms with Gasteiger partial charge in [-0.15, -0.1) is 0 Å². The second kappa shape index (κ2) is 12.7. The maximum atomic E-state index is 12.7. The second-order valence-corrected chi connectivity index (χ2v) is 8.03. The van der Waals surface area contributed by atoms with Crippen molar-refractivity contribution in [1.82, 2.24) is 0 Å². The predicted molar refractivity (Wildman–Crippen MR) is 144 cm³/mol. The molecule has 0 saturated carbocycles. The van der Waals surface area contributed by atoms with Gasteiger partial charge in [0, 0.05) is 6.08 Å². The highest BCUT2D eigenvalue weighted by Crippen LogP contribution is 2.25. The van der Waals surface area contributed by atoms with Crippen molar-refractivity contribution in [2.24, 2.45) is 0 Å². The summed E-state index contributed by atoms with van der Waals surface area (Å²) in [7, 11) is 0. The Bertz CT molecular complexity index is 1500. The van der Waals surface area contributed by atoms with Crippen LogP contribution in [-0.4, -0.2) is 31.3 Å². The lowest BCUT2D eigenvalue weighted by Gasteiger charge is -2.09. The molecule has 4 aromatic rings. The van der Waals surface area contributed by atoms with Gasteiger partial charge in [0.15, 0.2) is 0 Å². The van der Waals surface area contributed by atoms with E-state index in [1.54, 1.807) is 91.0 Å². The summed E-state index contributed by atoms with van der Waals surface area (Å²) in [6.45, 7) is 7.01. The molecule has 0 radical (unpaired) electrons. The lowest BCUT2D eigenvalue weighted by atomic mass is 10.1. The van der Waals surface area contributed by atoms with Crippen molar-refractivity contribution in [2.75, 3.05) is 13.4 Å². The fraction of sp³-hybridized carbons (Fsp3) is 0.0645. The Morgan fingerprint density at radius 1 is 0.615 bits per heavy atom. The maximum absolute atomic E-state index is 12.7. The van der Waals surface area contributed by atoms with E-state index in [4.69, 9.17) is 23.7 Å². The van der Waals surface area contributed by atoms with Gasteiger partial charge in [0.05, 0.1) is 11.1 Å². The molecular formula is C31H24O8. The minimum absolute atomic E-state index is 0.263. The van der Waals surface area contributed by atoms with E-state index < -0.39 is 17.9 Å². The number of esters is 3. The molecule has 0 heterocycles. The van der Waals surface area contributed by atoms with Crippen molar-refractivity contribution in [3.05, 3.63) is 121 Å². The lowest BCUT2D eigenvalue weighted by Crippen LogP contribution is -2.09. The molecule has 0 unspecified atom stereocenters. The topological polar surface area (TPSA) is 97.4 Å². The Kier molecular flexibility index (Phi) is 8.71. The lowest BCUT2D eigenvalue weighted by molar-refractivity contribution is -0.144. The van der Waals surface area contributed by atoms with Gasteiger partial charge < -0.3 is 23.7 Å². The number of rotatable bonds is 11. The monoisotopic (exact) mass is 524 g/mol. The van der Waals surface area contributed by atoms with Crippen LogP contribution in [0.2, 0.25) is 0 Å². The van der Waals surface area contributed by atoms with Gasteiger partial charge in [-0.2, -0.15) is 0 Å². The molecule has 0 amide bonds. The maximum Gasteiger partial charge on any atom is 0.343 e. The first-order chi connectivity index (χ1) is 18.9. The van der Waals surface area contributed by atoms with Crippen LogP contribution >= 0.6 is 0 Å². The van der Waals surface area contributed by atoms with E-state index >= 15 is 0 Å². The molecule has 0 aromatic heterocycles. The molecule has 0 aliphatic rings. The molecule has 0 spiro atoms. The molecule has 0 fully saturated rings. The summed E-state index contributed by atoms with van der Waals surface area (Å²) in [5.41, 5.74) is 0.734. The Labute approximate surface area is 224 Å².